The molecule has 5 nitrogen and oxygen atoms in total. The Morgan fingerprint density at radius 3 is 2.50 bits per heavy atom. The number of nitrogens with zero attached hydrogens (tertiary/aromatic N) is 1. The summed E-state index contributed by atoms with van der Waals surface area (Å²) in [6.07, 6.45) is 1.24. The minimum atomic E-state index is -3.44. The Balaban J connectivity index is 3.13. The minimum Gasteiger partial charge on any atom is -0.383 e. The van der Waals surface area contributed by atoms with Gasteiger partial charge in [-0.1, -0.05) is 0 Å². The molecular formula is C7H12N2O3S2. The molecular weight excluding hydrogens is 224 g/mol. The molecule has 0 bridgehead atoms. The Bertz CT molecular complexity index is 416. The summed E-state index contributed by atoms with van der Waals surface area (Å²) in [6, 6.07) is 0. The Kier molecular flexibility index (Phi) is 2.96. The van der Waals surface area contributed by atoms with Crippen LogP contribution in [0.15, 0.2) is 10.4 Å². The lowest BCUT2D eigenvalue weighted by molar-refractivity contribution is 0.0783. The van der Waals surface area contributed by atoms with Gasteiger partial charge in [-0.15, -0.1) is 11.3 Å². The second kappa shape index (κ2) is 3.58. The van der Waals surface area contributed by atoms with Crippen molar-refractivity contribution in [3.05, 3.63) is 11.2 Å². The maximum atomic E-state index is 11.3. The maximum Gasteiger partial charge on any atom is 0.251 e. The fraction of sp³-hybridized carbons (Fsp3) is 0.571. The fourth-order valence-electron chi connectivity index (χ4n) is 0.767. The van der Waals surface area contributed by atoms with Crippen molar-refractivity contribution in [2.75, 3.05) is 7.05 Å². The van der Waals surface area contributed by atoms with Gasteiger partial charge in [0.15, 0.2) is 4.21 Å². The van der Waals surface area contributed by atoms with Gasteiger partial charge in [-0.05, 0) is 20.9 Å². The monoisotopic (exact) mass is 236 g/mol. The average molecular weight is 236 g/mol. The average Bonchev–Trinajstić information content (AvgIpc) is 2.51. The molecule has 1 aromatic rings. The van der Waals surface area contributed by atoms with E-state index in [2.05, 4.69) is 9.71 Å². The first kappa shape index (κ1) is 11.6. The zero-order chi connectivity index (χ0) is 11.0. The van der Waals surface area contributed by atoms with Gasteiger partial charge < -0.3 is 5.11 Å². The van der Waals surface area contributed by atoms with E-state index < -0.39 is 15.6 Å². The van der Waals surface area contributed by atoms with Gasteiger partial charge >= 0.3 is 0 Å². The summed E-state index contributed by atoms with van der Waals surface area (Å²) in [5.74, 6) is 0. The zero-order valence-corrected chi connectivity index (χ0v) is 9.74. The summed E-state index contributed by atoms with van der Waals surface area (Å²) in [5, 5.41) is 9.95. The van der Waals surface area contributed by atoms with Gasteiger partial charge in [-0.3, -0.25) is 0 Å². The molecule has 0 atom stereocenters. The van der Waals surface area contributed by atoms with E-state index in [1.807, 2.05) is 0 Å². The van der Waals surface area contributed by atoms with Gasteiger partial charge in [0.2, 0.25) is 0 Å². The molecule has 0 radical (unpaired) electrons. The van der Waals surface area contributed by atoms with Crippen molar-refractivity contribution < 1.29 is 13.5 Å². The molecule has 2 N–H and O–H groups in total. The second-order valence-electron chi connectivity index (χ2n) is 3.25. The number of rotatable bonds is 3. The van der Waals surface area contributed by atoms with Crippen LogP contribution in [0.5, 0.6) is 0 Å². The molecule has 80 valence electrons. The van der Waals surface area contributed by atoms with Crippen LogP contribution in [0.4, 0.5) is 0 Å². The first-order chi connectivity index (χ1) is 6.27. The topological polar surface area (TPSA) is 79.3 Å². The summed E-state index contributed by atoms with van der Waals surface area (Å²) in [7, 11) is -2.11. The van der Waals surface area contributed by atoms with Crippen molar-refractivity contribution in [1.29, 1.82) is 0 Å². The molecule has 0 aliphatic rings. The molecule has 0 aliphatic heterocycles. The molecule has 0 fully saturated rings. The van der Waals surface area contributed by atoms with E-state index in [9.17, 15) is 13.5 Å². The quantitative estimate of drug-likeness (QED) is 0.790. The molecule has 1 rings (SSSR count). The normalized spacial score (nSPS) is 13.1. The van der Waals surface area contributed by atoms with E-state index in [1.165, 1.54) is 13.2 Å². The molecule has 0 aliphatic carbocycles. The first-order valence-corrected chi connectivity index (χ1v) is 6.19. The molecule has 0 amide bonds. The highest BCUT2D eigenvalue weighted by Gasteiger charge is 2.23. The van der Waals surface area contributed by atoms with E-state index in [-0.39, 0.29) is 4.21 Å². The second-order valence-corrected chi connectivity index (χ2v) is 6.40. The number of aliphatic hydroxyl groups is 1. The fourth-order valence-corrected chi connectivity index (χ4v) is 2.74. The van der Waals surface area contributed by atoms with Gasteiger partial charge in [0.05, 0.1) is 6.20 Å². The molecule has 7 heteroatoms. The number of thiazole rings is 1. The van der Waals surface area contributed by atoms with Crippen molar-refractivity contribution in [2.45, 2.75) is 23.7 Å². The highest BCUT2D eigenvalue weighted by molar-refractivity contribution is 7.91. The van der Waals surface area contributed by atoms with Crippen LogP contribution in [0.1, 0.15) is 18.9 Å². The van der Waals surface area contributed by atoms with E-state index in [0.717, 1.165) is 11.3 Å². The van der Waals surface area contributed by atoms with Gasteiger partial charge in [0.1, 0.15) is 10.6 Å². The number of aromatic nitrogens is 1. The minimum absolute atomic E-state index is 0.108. The number of sulfonamides is 1. The van der Waals surface area contributed by atoms with Crippen LogP contribution in [-0.4, -0.2) is 25.6 Å². The Morgan fingerprint density at radius 1 is 1.57 bits per heavy atom. The molecule has 0 saturated carbocycles. The van der Waals surface area contributed by atoms with Crippen LogP contribution in [0.3, 0.4) is 0 Å². The van der Waals surface area contributed by atoms with E-state index >= 15 is 0 Å². The van der Waals surface area contributed by atoms with Crippen LogP contribution in [0, 0.1) is 0 Å². The van der Waals surface area contributed by atoms with Crippen LogP contribution >= 0.6 is 11.3 Å². The van der Waals surface area contributed by atoms with Crippen molar-refractivity contribution >= 4 is 21.4 Å². The Hall–Kier alpha value is -0.500. The van der Waals surface area contributed by atoms with Crippen LogP contribution < -0.4 is 4.72 Å². The third-order valence-corrected chi connectivity index (χ3v) is 4.73. The van der Waals surface area contributed by atoms with Crippen LogP contribution in [-0.2, 0) is 15.6 Å². The lowest BCUT2D eigenvalue weighted by Gasteiger charge is -2.12. The van der Waals surface area contributed by atoms with Crippen molar-refractivity contribution in [1.82, 2.24) is 9.71 Å². The molecule has 0 unspecified atom stereocenters. The van der Waals surface area contributed by atoms with E-state index in [4.69, 9.17) is 0 Å². The lowest BCUT2D eigenvalue weighted by Crippen LogP contribution is -2.17. The van der Waals surface area contributed by atoms with Gasteiger partial charge in [-0.25, -0.2) is 18.1 Å². The summed E-state index contributed by atoms with van der Waals surface area (Å²) in [4.78, 5) is 3.85. The Labute approximate surface area is 86.9 Å². The van der Waals surface area contributed by atoms with Crippen molar-refractivity contribution in [2.24, 2.45) is 0 Å². The Morgan fingerprint density at radius 2 is 2.14 bits per heavy atom. The zero-order valence-electron chi connectivity index (χ0n) is 8.10. The summed E-state index contributed by atoms with van der Waals surface area (Å²) >= 11 is 0.960. The number of nitrogens with one attached hydrogen (secondary N) is 1. The lowest BCUT2D eigenvalue weighted by atomic mass is 10.2. The first-order valence-electron chi connectivity index (χ1n) is 3.89. The molecule has 0 aromatic carbocycles. The predicted molar refractivity (Wildman–Crippen MR) is 53.6 cm³/mol. The smallest absolute Gasteiger partial charge is 0.251 e. The molecule has 1 heterocycles. The third kappa shape index (κ3) is 2.30. The largest absolute Gasteiger partial charge is 0.383 e. The highest BCUT2D eigenvalue weighted by Crippen LogP contribution is 2.27. The van der Waals surface area contributed by atoms with Gasteiger partial charge in [-0.2, -0.15) is 0 Å². The summed E-state index contributed by atoms with van der Waals surface area (Å²) in [6.45, 7) is 3.11. The standard InChI is InChI=1S/C7H12N2O3S2/c1-7(2,10)6-9-4-5(13-6)14(11,12)8-3/h4,8,10H,1-3H3. The number of hydrogen-bond acceptors (Lipinski definition) is 5. The summed E-state index contributed by atoms with van der Waals surface area (Å²) < 4.78 is 24.9. The van der Waals surface area contributed by atoms with Crippen molar-refractivity contribution in [3.63, 3.8) is 0 Å². The molecule has 14 heavy (non-hydrogen) atoms. The van der Waals surface area contributed by atoms with Crippen molar-refractivity contribution in [3.8, 4) is 0 Å². The highest BCUT2D eigenvalue weighted by atomic mass is 32.2. The van der Waals surface area contributed by atoms with Gasteiger partial charge in [0, 0.05) is 0 Å². The number of hydrogen-bond donors (Lipinski definition) is 2. The van der Waals surface area contributed by atoms with Crippen LogP contribution in [0.25, 0.3) is 0 Å². The van der Waals surface area contributed by atoms with E-state index in [0.29, 0.717) is 5.01 Å². The summed E-state index contributed by atoms with van der Waals surface area (Å²) in [5.41, 5.74) is -1.10. The third-order valence-electron chi connectivity index (χ3n) is 1.54. The SMILES string of the molecule is CNS(=O)(=O)c1cnc(C(C)(C)O)s1. The molecule has 0 saturated heterocycles. The predicted octanol–water partition coefficient (Wildman–Crippen LogP) is 0.279. The molecule has 1 aromatic heterocycles. The van der Waals surface area contributed by atoms with E-state index in [1.54, 1.807) is 13.8 Å². The molecule has 0 spiro atoms. The van der Waals surface area contributed by atoms with Gasteiger partial charge in [0.25, 0.3) is 10.0 Å². The van der Waals surface area contributed by atoms with Crippen LogP contribution in [0.2, 0.25) is 0 Å². The maximum absolute atomic E-state index is 11.3.